The molecule has 0 aromatic heterocycles. The zero-order valence-electron chi connectivity index (χ0n) is 6.19. The third kappa shape index (κ3) is 1.91. The fraction of sp³-hybridized carbons (Fsp3) is 0.714. The molecule has 4 heteroatoms. The first-order chi connectivity index (χ1) is 5.25. The third-order valence-corrected chi connectivity index (χ3v) is 1.83. The maximum absolute atomic E-state index is 10.7. The number of aliphatic hydroxyl groups is 1. The van der Waals surface area contributed by atoms with Gasteiger partial charge in [-0.1, -0.05) is 0 Å². The molecule has 0 aromatic carbocycles. The molecule has 1 saturated heterocycles. The summed E-state index contributed by atoms with van der Waals surface area (Å²) < 4.78 is 5.06. The molecule has 11 heavy (non-hydrogen) atoms. The number of carbonyl (C=O) groups is 1. The second-order valence-corrected chi connectivity index (χ2v) is 2.56. The number of ether oxygens (including phenoxy) is 1. The van der Waals surface area contributed by atoms with Gasteiger partial charge in [0.1, 0.15) is 6.10 Å². The molecule has 0 aliphatic carbocycles. The van der Waals surface area contributed by atoms with E-state index in [0.717, 1.165) is 6.42 Å². The van der Waals surface area contributed by atoms with Gasteiger partial charge in [-0.3, -0.25) is 4.79 Å². The Labute approximate surface area is 65.3 Å². The van der Waals surface area contributed by atoms with E-state index in [2.05, 4.69) is 0 Å². The van der Waals surface area contributed by atoms with Gasteiger partial charge in [-0.15, -0.1) is 0 Å². The molecule has 0 aromatic rings. The minimum absolute atomic E-state index is 0.00231. The highest BCUT2D eigenvalue weighted by Gasteiger charge is 2.31. The van der Waals surface area contributed by atoms with Crippen molar-refractivity contribution < 1.29 is 14.6 Å². The average molecular weight is 158 g/mol. The van der Waals surface area contributed by atoms with Crippen LogP contribution >= 0.6 is 0 Å². The summed E-state index contributed by atoms with van der Waals surface area (Å²) in [6.45, 7) is 0.520. The molecule has 1 heterocycles. The second-order valence-electron chi connectivity index (χ2n) is 2.56. The predicted molar refractivity (Wildman–Crippen MR) is 38.4 cm³/mol. The Morgan fingerprint density at radius 2 is 2.55 bits per heavy atom. The molecule has 2 atom stereocenters. The van der Waals surface area contributed by atoms with E-state index in [9.17, 15) is 4.79 Å². The van der Waals surface area contributed by atoms with Crippen molar-refractivity contribution >= 4 is 5.91 Å². The van der Waals surface area contributed by atoms with E-state index in [-0.39, 0.29) is 12.5 Å². The van der Waals surface area contributed by atoms with Crippen LogP contribution in [0.25, 0.3) is 0 Å². The molecular weight excluding hydrogens is 146 g/mol. The van der Waals surface area contributed by atoms with Gasteiger partial charge in [0.2, 0.25) is 5.91 Å². The molecule has 1 aliphatic heterocycles. The first-order valence-electron chi connectivity index (χ1n) is 3.61. The van der Waals surface area contributed by atoms with Crippen LogP contribution < -0.4 is 5.73 Å². The van der Waals surface area contributed by atoms with E-state index >= 15 is 0 Å². The zero-order chi connectivity index (χ0) is 8.27. The van der Waals surface area contributed by atoms with Gasteiger partial charge in [0.15, 0.2) is 0 Å². The Hall–Kier alpha value is -0.610. The van der Waals surface area contributed by atoms with Gasteiger partial charge in [-0.2, -0.15) is 0 Å². The van der Waals surface area contributed by atoms with Gasteiger partial charge in [0.05, 0.1) is 0 Å². The number of hydrogen-bond acceptors (Lipinski definition) is 3. The molecule has 1 radical (unpaired) electrons. The normalized spacial score (nSPS) is 30.6. The quantitative estimate of drug-likeness (QED) is 0.557. The van der Waals surface area contributed by atoms with Crippen LogP contribution in [0.3, 0.4) is 0 Å². The summed E-state index contributed by atoms with van der Waals surface area (Å²) in [5.74, 6) is -0.449. The first-order valence-corrected chi connectivity index (χ1v) is 3.61. The Balaban J connectivity index is 2.44. The van der Waals surface area contributed by atoms with E-state index in [0.29, 0.717) is 6.61 Å². The van der Waals surface area contributed by atoms with Crippen molar-refractivity contribution in [2.24, 2.45) is 11.7 Å². The Bertz CT molecular complexity index is 149. The monoisotopic (exact) mass is 158 g/mol. The molecule has 0 spiro atoms. The molecular formula is C7H12NO3. The summed E-state index contributed by atoms with van der Waals surface area (Å²) >= 11 is 0. The third-order valence-electron chi connectivity index (χ3n) is 1.83. The van der Waals surface area contributed by atoms with Gasteiger partial charge in [-0.05, 0) is 12.8 Å². The lowest BCUT2D eigenvalue weighted by Crippen LogP contribution is -2.33. The van der Waals surface area contributed by atoms with Crippen LogP contribution in [0.4, 0.5) is 0 Å². The summed E-state index contributed by atoms with van der Waals surface area (Å²) in [7, 11) is 0. The molecule has 1 aliphatic rings. The van der Waals surface area contributed by atoms with Crippen LogP contribution in [-0.4, -0.2) is 30.3 Å². The lowest BCUT2D eigenvalue weighted by Gasteiger charge is -2.12. The fourth-order valence-electron chi connectivity index (χ4n) is 1.28. The maximum atomic E-state index is 10.7. The van der Waals surface area contributed by atoms with Crippen molar-refractivity contribution in [1.29, 1.82) is 0 Å². The van der Waals surface area contributed by atoms with Crippen molar-refractivity contribution in [1.82, 2.24) is 0 Å². The molecule has 0 saturated carbocycles. The second kappa shape index (κ2) is 3.69. The van der Waals surface area contributed by atoms with Crippen LogP contribution in [0.2, 0.25) is 0 Å². The van der Waals surface area contributed by atoms with Crippen molar-refractivity contribution in [2.45, 2.75) is 12.5 Å². The molecule has 0 bridgehead atoms. The van der Waals surface area contributed by atoms with E-state index in [1.165, 1.54) is 0 Å². The lowest BCUT2D eigenvalue weighted by molar-refractivity contribution is -0.127. The van der Waals surface area contributed by atoms with Crippen LogP contribution in [-0.2, 0) is 9.53 Å². The van der Waals surface area contributed by atoms with Crippen LogP contribution in [0.5, 0.6) is 0 Å². The molecule has 3 N–H and O–H groups in total. The molecule has 4 nitrogen and oxygen atoms in total. The Kier molecular flexibility index (Phi) is 2.84. The number of carbonyl (C=O) groups excluding carboxylic acids is 1. The van der Waals surface area contributed by atoms with Gasteiger partial charge < -0.3 is 15.6 Å². The SMILES string of the molecule is NC(=O)C1OCCC1[CH]CO. The van der Waals surface area contributed by atoms with Crippen LogP contribution in [0.1, 0.15) is 6.42 Å². The topological polar surface area (TPSA) is 72.6 Å². The Morgan fingerprint density at radius 3 is 3.09 bits per heavy atom. The summed E-state index contributed by atoms with van der Waals surface area (Å²) in [5, 5.41) is 8.56. The van der Waals surface area contributed by atoms with Gasteiger partial charge >= 0.3 is 0 Å². The van der Waals surface area contributed by atoms with Crippen LogP contribution in [0, 0.1) is 12.3 Å². The molecule has 1 rings (SSSR count). The number of rotatable bonds is 3. The van der Waals surface area contributed by atoms with Crippen LogP contribution in [0.15, 0.2) is 0 Å². The summed E-state index contributed by atoms with van der Waals surface area (Å²) in [4.78, 5) is 10.7. The molecule has 63 valence electrons. The molecule has 1 fully saturated rings. The first kappa shape index (κ1) is 8.49. The number of hydrogen-bond donors (Lipinski definition) is 2. The number of amides is 1. The highest BCUT2D eigenvalue weighted by Crippen LogP contribution is 2.22. The highest BCUT2D eigenvalue weighted by molar-refractivity contribution is 5.79. The summed E-state index contributed by atoms with van der Waals surface area (Å²) in [6.07, 6.45) is 1.90. The minimum Gasteiger partial charge on any atom is -0.396 e. The predicted octanol–water partition coefficient (Wildman–Crippen LogP) is -0.927. The van der Waals surface area contributed by atoms with Crippen molar-refractivity contribution in [3.8, 4) is 0 Å². The maximum Gasteiger partial charge on any atom is 0.246 e. The number of aliphatic hydroxyl groups excluding tert-OH is 1. The standard InChI is InChI=1S/C7H12NO3/c8-7(10)6-5(1-3-9)2-4-11-6/h1,5-6,9H,2-4H2,(H2,8,10). The van der Waals surface area contributed by atoms with Crippen molar-refractivity contribution in [3.05, 3.63) is 6.42 Å². The van der Waals surface area contributed by atoms with Gasteiger partial charge in [-0.25, -0.2) is 0 Å². The smallest absolute Gasteiger partial charge is 0.246 e. The van der Waals surface area contributed by atoms with E-state index < -0.39 is 12.0 Å². The molecule has 2 unspecified atom stereocenters. The Morgan fingerprint density at radius 1 is 1.82 bits per heavy atom. The van der Waals surface area contributed by atoms with E-state index in [4.69, 9.17) is 15.6 Å². The fourth-order valence-corrected chi connectivity index (χ4v) is 1.28. The number of primary amides is 1. The summed E-state index contributed by atoms with van der Waals surface area (Å²) in [6, 6.07) is 0. The highest BCUT2D eigenvalue weighted by atomic mass is 16.5. The average Bonchev–Trinajstić information content (AvgIpc) is 2.36. The van der Waals surface area contributed by atoms with Gasteiger partial charge in [0, 0.05) is 19.1 Å². The zero-order valence-corrected chi connectivity index (χ0v) is 6.19. The minimum atomic E-state index is -0.526. The molecule has 1 amide bonds. The lowest BCUT2D eigenvalue weighted by atomic mass is 9.98. The van der Waals surface area contributed by atoms with Crippen molar-refractivity contribution in [2.75, 3.05) is 13.2 Å². The largest absolute Gasteiger partial charge is 0.396 e. The van der Waals surface area contributed by atoms with E-state index in [1.54, 1.807) is 6.42 Å². The summed E-state index contributed by atoms with van der Waals surface area (Å²) in [5.41, 5.74) is 5.05. The van der Waals surface area contributed by atoms with Gasteiger partial charge in [0.25, 0.3) is 0 Å². The van der Waals surface area contributed by atoms with Crippen molar-refractivity contribution in [3.63, 3.8) is 0 Å². The number of nitrogens with two attached hydrogens (primary N) is 1. The van der Waals surface area contributed by atoms with E-state index in [1.807, 2.05) is 0 Å².